The van der Waals surface area contributed by atoms with Gasteiger partial charge in [0.05, 0.1) is 5.71 Å². The summed E-state index contributed by atoms with van der Waals surface area (Å²) in [6, 6.07) is 16.4. The normalized spacial score (nSPS) is 12.2. The van der Waals surface area contributed by atoms with E-state index < -0.39 is 0 Å². The second kappa shape index (κ2) is 6.55. The van der Waals surface area contributed by atoms with Crippen LogP contribution in [0.2, 0.25) is 0 Å². The molecule has 0 saturated carbocycles. The number of hydrazone groups is 1. The minimum Gasteiger partial charge on any atom is -0.338 e. The van der Waals surface area contributed by atoms with Gasteiger partial charge < -0.3 is 4.98 Å². The third kappa shape index (κ3) is 3.01. The molecule has 4 rings (SSSR count). The van der Waals surface area contributed by atoms with Crippen molar-refractivity contribution in [1.29, 1.82) is 0 Å². The smallest absolute Gasteiger partial charge is 0.265 e. The first kappa shape index (κ1) is 16.2. The summed E-state index contributed by atoms with van der Waals surface area (Å²) in [5, 5.41) is 13.8. The third-order valence-corrected chi connectivity index (χ3v) is 4.44. The van der Waals surface area contributed by atoms with E-state index in [0.29, 0.717) is 17.5 Å². The summed E-state index contributed by atoms with van der Waals surface area (Å²) >= 11 is 0. The maximum Gasteiger partial charge on any atom is 0.265 e. The first-order valence-corrected chi connectivity index (χ1v) is 8.63. The van der Waals surface area contributed by atoms with Crippen molar-refractivity contribution in [1.82, 2.24) is 20.2 Å². The average molecular weight is 344 g/mol. The quantitative estimate of drug-likeness (QED) is 0.423. The molecule has 2 heterocycles. The van der Waals surface area contributed by atoms with Crippen LogP contribution in [0.4, 0.5) is 5.95 Å². The lowest BCUT2D eigenvalue weighted by Crippen LogP contribution is -2.03. The van der Waals surface area contributed by atoms with E-state index in [-0.39, 0.29) is 0 Å². The summed E-state index contributed by atoms with van der Waals surface area (Å²) in [6.45, 7) is 6.32. The molecular weight excluding hydrogens is 324 g/mol. The molecule has 0 aliphatic carbocycles. The van der Waals surface area contributed by atoms with Gasteiger partial charge in [-0.25, -0.2) is 5.43 Å². The van der Waals surface area contributed by atoms with E-state index in [1.54, 1.807) is 0 Å². The van der Waals surface area contributed by atoms with Gasteiger partial charge in [0, 0.05) is 10.9 Å². The van der Waals surface area contributed by atoms with Crippen molar-refractivity contribution < 1.29 is 0 Å². The van der Waals surface area contributed by atoms with Crippen LogP contribution in [0.5, 0.6) is 0 Å². The van der Waals surface area contributed by atoms with E-state index in [1.807, 2.05) is 31.2 Å². The minimum absolute atomic E-state index is 0.363. The van der Waals surface area contributed by atoms with E-state index in [2.05, 4.69) is 68.8 Å². The second-order valence-corrected chi connectivity index (χ2v) is 6.59. The molecule has 2 N–H and O–H groups in total. The molecule has 6 nitrogen and oxygen atoms in total. The number of aromatic amines is 1. The lowest BCUT2D eigenvalue weighted by Gasteiger charge is -2.07. The van der Waals surface area contributed by atoms with E-state index in [9.17, 15) is 0 Å². The molecule has 0 unspecified atom stereocenters. The Bertz CT molecular complexity index is 1090. The van der Waals surface area contributed by atoms with Crippen LogP contribution in [0.15, 0.2) is 53.6 Å². The molecule has 0 fully saturated rings. The van der Waals surface area contributed by atoms with Gasteiger partial charge >= 0.3 is 0 Å². The maximum atomic E-state index is 4.47. The Kier molecular flexibility index (Phi) is 4.08. The average Bonchev–Trinajstić information content (AvgIpc) is 3.04. The predicted molar refractivity (Wildman–Crippen MR) is 106 cm³/mol. The number of nitrogens with one attached hydrogen (secondary N) is 2. The number of fused-ring (bicyclic) bond motifs is 3. The molecule has 0 spiro atoms. The largest absolute Gasteiger partial charge is 0.338 e. The van der Waals surface area contributed by atoms with Crippen LogP contribution in [-0.2, 0) is 0 Å². The number of nitrogens with zero attached hydrogens (tertiary/aromatic N) is 4. The summed E-state index contributed by atoms with van der Waals surface area (Å²) in [6.07, 6.45) is 0. The van der Waals surface area contributed by atoms with Gasteiger partial charge in [0.25, 0.3) is 5.95 Å². The number of aromatic nitrogens is 4. The molecule has 2 aromatic heterocycles. The van der Waals surface area contributed by atoms with Gasteiger partial charge in [-0.2, -0.15) is 10.1 Å². The number of hydrogen-bond acceptors (Lipinski definition) is 5. The Hall–Kier alpha value is -3.28. The standard InChI is InChI=1S/C20H20N6/c1-12(2)14-8-10-15(11-9-14)13(3)23-25-20-22-19-18(24-26-20)16-6-4-5-7-17(16)21-19/h4-12H,1-3H3,(H2,21,22,25,26). The van der Waals surface area contributed by atoms with E-state index in [4.69, 9.17) is 0 Å². The molecule has 2 aromatic carbocycles. The van der Waals surface area contributed by atoms with Crippen LogP contribution < -0.4 is 5.43 Å². The number of para-hydroxylation sites is 1. The number of hydrogen-bond donors (Lipinski definition) is 2. The van der Waals surface area contributed by atoms with Crippen molar-refractivity contribution in [2.75, 3.05) is 5.43 Å². The number of anilines is 1. The van der Waals surface area contributed by atoms with Crippen LogP contribution in [0, 0.1) is 0 Å². The molecule has 0 aliphatic heterocycles. The topological polar surface area (TPSA) is 78.8 Å². The number of rotatable bonds is 4. The molecule has 0 amide bonds. The van der Waals surface area contributed by atoms with Crippen LogP contribution in [0.25, 0.3) is 22.1 Å². The van der Waals surface area contributed by atoms with Gasteiger partial charge in [0.2, 0.25) is 0 Å². The van der Waals surface area contributed by atoms with Gasteiger partial charge in [-0.3, -0.25) is 0 Å². The fraction of sp³-hybridized carbons (Fsp3) is 0.200. The summed E-state index contributed by atoms with van der Waals surface area (Å²) in [4.78, 5) is 7.72. The Labute approximate surface area is 151 Å². The molecule has 0 aliphatic rings. The maximum absolute atomic E-state index is 4.47. The van der Waals surface area contributed by atoms with E-state index in [1.165, 1.54) is 5.56 Å². The molecular formula is C20H20N6. The van der Waals surface area contributed by atoms with Crippen LogP contribution >= 0.6 is 0 Å². The van der Waals surface area contributed by atoms with Crippen LogP contribution in [0.3, 0.4) is 0 Å². The monoisotopic (exact) mass is 344 g/mol. The highest BCUT2D eigenvalue weighted by Gasteiger charge is 2.08. The highest BCUT2D eigenvalue weighted by Crippen LogP contribution is 2.21. The first-order chi connectivity index (χ1) is 12.6. The third-order valence-electron chi connectivity index (χ3n) is 4.44. The van der Waals surface area contributed by atoms with Crippen molar-refractivity contribution in [2.45, 2.75) is 26.7 Å². The van der Waals surface area contributed by atoms with Crippen LogP contribution in [-0.4, -0.2) is 25.9 Å². The van der Waals surface area contributed by atoms with Gasteiger partial charge in [0.15, 0.2) is 5.65 Å². The number of H-pyrrole nitrogens is 1. The lowest BCUT2D eigenvalue weighted by atomic mass is 10.0. The summed E-state index contributed by atoms with van der Waals surface area (Å²) in [5.41, 5.74) is 8.57. The van der Waals surface area contributed by atoms with Gasteiger partial charge in [-0.15, -0.1) is 10.2 Å². The molecule has 0 atom stereocenters. The fourth-order valence-electron chi connectivity index (χ4n) is 2.88. The Morgan fingerprint density at radius 2 is 1.81 bits per heavy atom. The lowest BCUT2D eigenvalue weighted by molar-refractivity contribution is 0.866. The highest BCUT2D eigenvalue weighted by molar-refractivity contribution is 6.03. The van der Waals surface area contributed by atoms with Crippen molar-refractivity contribution in [2.24, 2.45) is 5.10 Å². The Balaban J connectivity index is 1.58. The zero-order valence-corrected chi connectivity index (χ0v) is 15.0. The van der Waals surface area contributed by atoms with Crippen molar-refractivity contribution in [3.05, 3.63) is 59.7 Å². The van der Waals surface area contributed by atoms with Crippen molar-refractivity contribution in [3.8, 4) is 0 Å². The van der Waals surface area contributed by atoms with Crippen LogP contribution in [0.1, 0.15) is 37.8 Å². The zero-order valence-electron chi connectivity index (χ0n) is 15.0. The highest BCUT2D eigenvalue weighted by atomic mass is 15.4. The van der Waals surface area contributed by atoms with E-state index >= 15 is 0 Å². The molecule has 6 heteroatoms. The van der Waals surface area contributed by atoms with Gasteiger partial charge in [-0.1, -0.05) is 56.3 Å². The Morgan fingerprint density at radius 1 is 1.04 bits per heavy atom. The molecule has 0 saturated heterocycles. The summed E-state index contributed by atoms with van der Waals surface area (Å²) in [7, 11) is 0. The molecule has 130 valence electrons. The predicted octanol–water partition coefficient (Wildman–Crippen LogP) is 4.47. The summed E-state index contributed by atoms with van der Waals surface area (Å²) in [5.74, 6) is 0.879. The molecule has 0 bridgehead atoms. The molecule has 4 aromatic rings. The molecule has 0 radical (unpaired) electrons. The van der Waals surface area contributed by atoms with Crippen molar-refractivity contribution in [3.63, 3.8) is 0 Å². The SMILES string of the molecule is CC(=NNc1nnc2c(n1)[nH]c1ccccc12)c1ccc(C(C)C)cc1. The Morgan fingerprint density at radius 3 is 2.58 bits per heavy atom. The fourth-order valence-corrected chi connectivity index (χ4v) is 2.88. The zero-order chi connectivity index (χ0) is 18.1. The number of benzene rings is 2. The van der Waals surface area contributed by atoms with Crippen molar-refractivity contribution >= 4 is 33.7 Å². The summed E-state index contributed by atoms with van der Waals surface area (Å²) < 4.78 is 0. The second-order valence-electron chi connectivity index (χ2n) is 6.59. The molecule has 26 heavy (non-hydrogen) atoms. The van der Waals surface area contributed by atoms with Gasteiger partial charge in [-0.05, 0) is 30.0 Å². The van der Waals surface area contributed by atoms with E-state index in [0.717, 1.165) is 27.7 Å². The van der Waals surface area contributed by atoms with Gasteiger partial charge in [0.1, 0.15) is 5.52 Å². The first-order valence-electron chi connectivity index (χ1n) is 8.63. The minimum atomic E-state index is 0.363.